The first kappa shape index (κ1) is 8.68. The Hall–Kier alpha value is -0.410. The number of nitrogens with one attached hydrogen (secondary N) is 1. The van der Waals surface area contributed by atoms with Gasteiger partial charge in [0.25, 0.3) is 0 Å². The van der Waals surface area contributed by atoms with E-state index in [1.165, 1.54) is 6.42 Å². The molecule has 0 bridgehead atoms. The quantitative estimate of drug-likeness (QED) is 0.749. The third-order valence-electron chi connectivity index (χ3n) is 1.60. The number of nitrogens with zero attached hydrogens (tertiary/aromatic N) is 1. The maximum atomic E-state index is 4.23. The van der Waals surface area contributed by atoms with Crippen LogP contribution in [0.1, 0.15) is 32.0 Å². The van der Waals surface area contributed by atoms with Crippen LogP contribution in [-0.2, 0) is 0 Å². The SMILES string of the molecule is CCCNC(C)c1cscn1. The minimum atomic E-state index is 0.404. The van der Waals surface area contributed by atoms with Crippen LogP contribution in [0.5, 0.6) is 0 Å². The molecule has 0 amide bonds. The molecule has 0 aromatic carbocycles. The molecule has 0 spiro atoms. The van der Waals surface area contributed by atoms with E-state index in [-0.39, 0.29) is 0 Å². The molecule has 0 radical (unpaired) electrons. The van der Waals surface area contributed by atoms with Gasteiger partial charge in [-0.15, -0.1) is 11.3 Å². The summed E-state index contributed by atoms with van der Waals surface area (Å²) in [5.74, 6) is 0. The molecule has 0 saturated carbocycles. The molecule has 0 aliphatic carbocycles. The topological polar surface area (TPSA) is 24.9 Å². The summed E-state index contributed by atoms with van der Waals surface area (Å²) in [6.07, 6.45) is 1.18. The molecule has 1 aromatic rings. The zero-order valence-corrected chi connectivity index (χ0v) is 7.82. The number of rotatable bonds is 4. The van der Waals surface area contributed by atoms with Crippen molar-refractivity contribution in [2.24, 2.45) is 0 Å². The summed E-state index contributed by atoms with van der Waals surface area (Å²) >= 11 is 1.65. The first-order valence-electron chi connectivity index (χ1n) is 3.96. The summed E-state index contributed by atoms with van der Waals surface area (Å²) in [7, 11) is 0. The van der Waals surface area contributed by atoms with Crippen molar-refractivity contribution in [1.29, 1.82) is 0 Å². The van der Waals surface area contributed by atoms with Gasteiger partial charge in [-0.2, -0.15) is 0 Å². The van der Waals surface area contributed by atoms with Crippen LogP contribution in [0.3, 0.4) is 0 Å². The van der Waals surface area contributed by atoms with Gasteiger partial charge in [0.2, 0.25) is 0 Å². The lowest BCUT2D eigenvalue weighted by atomic mass is 10.2. The van der Waals surface area contributed by atoms with E-state index in [1.54, 1.807) is 11.3 Å². The summed E-state index contributed by atoms with van der Waals surface area (Å²) in [5.41, 5.74) is 3.03. The first-order chi connectivity index (χ1) is 5.34. The second kappa shape index (κ2) is 4.46. The molecule has 3 heteroatoms. The summed E-state index contributed by atoms with van der Waals surface area (Å²) in [6, 6.07) is 0.404. The number of aromatic nitrogens is 1. The fraction of sp³-hybridized carbons (Fsp3) is 0.625. The number of thiazole rings is 1. The van der Waals surface area contributed by atoms with Crippen LogP contribution in [-0.4, -0.2) is 11.5 Å². The van der Waals surface area contributed by atoms with Crippen molar-refractivity contribution < 1.29 is 0 Å². The molecule has 1 unspecified atom stereocenters. The fourth-order valence-electron chi connectivity index (χ4n) is 0.901. The monoisotopic (exact) mass is 170 g/mol. The smallest absolute Gasteiger partial charge is 0.0795 e. The Kier molecular flexibility index (Phi) is 3.52. The van der Waals surface area contributed by atoms with Crippen molar-refractivity contribution in [2.45, 2.75) is 26.3 Å². The van der Waals surface area contributed by atoms with Gasteiger partial charge in [0.15, 0.2) is 0 Å². The van der Waals surface area contributed by atoms with Gasteiger partial charge in [0.1, 0.15) is 0 Å². The van der Waals surface area contributed by atoms with Crippen LogP contribution in [0.15, 0.2) is 10.9 Å². The van der Waals surface area contributed by atoms with Crippen molar-refractivity contribution in [3.63, 3.8) is 0 Å². The van der Waals surface area contributed by atoms with Crippen molar-refractivity contribution in [3.8, 4) is 0 Å². The van der Waals surface area contributed by atoms with Gasteiger partial charge in [0, 0.05) is 11.4 Å². The third-order valence-corrected chi connectivity index (χ3v) is 2.20. The van der Waals surface area contributed by atoms with E-state index in [0.717, 1.165) is 12.2 Å². The van der Waals surface area contributed by atoms with Gasteiger partial charge in [-0.3, -0.25) is 0 Å². The van der Waals surface area contributed by atoms with Gasteiger partial charge in [-0.1, -0.05) is 6.92 Å². The van der Waals surface area contributed by atoms with E-state index >= 15 is 0 Å². The normalized spacial score (nSPS) is 13.3. The van der Waals surface area contributed by atoms with Crippen LogP contribution in [0.25, 0.3) is 0 Å². The zero-order valence-electron chi connectivity index (χ0n) is 7.00. The first-order valence-corrected chi connectivity index (χ1v) is 4.90. The molecule has 0 fully saturated rings. The highest BCUT2D eigenvalue weighted by atomic mass is 32.1. The summed E-state index contributed by atoms with van der Waals surface area (Å²) in [6.45, 7) is 5.38. The second-order valence-electron chi connectivity index (χ2n) is 2.59. The molecule has 2 nitrogen and oxygen atoms in total. The average Bonchev–Trinajstić information content (AvgIpc) is 2.52. The van der Waals surface area contributed by atoms with Gasteiger partial charge in [-0.05, 0) is 19.9 Å². The minimum Gasteiger partial charge on any atom is -0.309 e. The molecule has 62 valence electrons. The average molecular weight is 170 g/mol. The maximum absolute atomic E-state index is 4.23. The van der Waals surface area contributed by atoms with Crippen molar-refractivity contribution in [3.05, 3.63) is 16.6 Å². The van der Waals surface area contributed by atoms with Gasteiger partial charge in [0.05, 0.1) is 11.2 Å². The van der Waals surface area contributed by atoms with Crippen LogP contribution in [0.4, 0.5) is 0 Å². The lowest BCUT2D eigenvalue weighted by Crippen LogP contribution is -2.19. The van der Waals surface area contributed by atoms with Crippen molar-refractivity contribution >= 4 is 11.3 Å². The van der Waals surface area contributed by atoms with Gasteiger partial charge in [-0.25, -0.2) is 4.98 Å². The number of hydrogen-bond acceptors (Lipinski definition) is 3. The lowest BCUT2D eigenvalue weighted by molar-refractivity contribution is 0.561. The van der Waals surface area contributed by atoms with E-state index in [9.17, 15) is 0 Å². The predicted molar refractivity (Wildman–Crippen MR) is 48.8 cm³/mol. The van der Waals surface area contributed by atoms with Crippen molar-refractivity contribution in [1.82, 2.24) is 10.3 Å². The molecule has 11 heavy (non-hydrogen) atoms. The van der Waals surface area contributed by atoms with Gasteiger partial charge >= 0.3 is 0 Å². The van der Waals surface area contributed by atoms with E-state index < -0.39 is 0 Å². The van der Waals surface area contributed by atoms with Crippen LogP contribution >= 0.6 is 11.3 Å². The van der Waals surface area contributed by atoms with Crippen LogP contribution in [0, 0.1) is 0 Å². The highest BCUT2D eigenvalue weighted by Gasteiger charge is 2.04. The Balaban J connectivity index is 2.36. The summed E-state index contributed by atoms with van der Waals surface area (Å²) < 4.78 is 0. The summed E-state index contributed by atoms with van der Waals surface area (Å²) in [5, 5.41) is 5.47. The van der Waals surface area contributed by atoms with Crippen LogP contribution < -0.4 is 5.32 Å². The molecule has 1 N–H and O–H groups in total. The maximum Gasteiger partial charge on any atom is 0.0795 e. The molecule has 1 aromatic heterocycles. The van der Waals surface area contributed by atoms with Crippen LogP contribution in [0.2, 0.25) is 0 Å². The Morgan fingerprint density at radius 1 is 1.73 bits per heavy atom. The Labute approximate surface area is 71.7 Å². The highest BCUT2D eigenvalue weighted by Crippen LogP contribution is 2.11. The largest absolute Gasteiger partial charge is 0.309 e. The molecule has 1 heterocycles. The van der Waals surface area contributed by atoms with E-state index in [1.807, 2.05) is 5.51 Å². The number of hydrogen-bond donors (Lipinski definition) is 1. The molecule has 0 aliphatic rings. The Bertz CT molecular complexity index is 184. The van der Waals surface area contributed by atoms with Gasteiger partial charge < -0.3 is 5.32 Å². The standard InChI is InChI=1S/C8H14N2S/c1-3-4-9-7(2)8-5-11-6-10-8/h5-7,9H,3-4H2,1-2H3. The Morgan fingerprint density at radius 3 is 3.09 bits per heavy atom. The molecule has 0 saturated heterocycles. The van der Waals surface area contributed by atoms with E-state index in [4.69, 9.17) is 0 Å². The third kappa shape index (κ3) is 2.60. The minimum absolute atomic E-state index is 0.404. The predicted octanol–water partition coefficient (Wildman–Crippen LogP) is 2.20. The molecule has 1 rings (SSSR count). The lowest BCUT2D eigenvalue weighted by Gasteiger charge is -2.09. The Morgan fingerprint density at radius 2 is 2.55 bits per heavy atom. The fourth-order valence-corrected chi connectivity index (χ4v) is 1.55. The summed E-state index contributed by atoms with van der Waals surface area (Å²) in [4.78, 5) is 4.23. The molecule has 1 atom stereocenters. The van der Waals surface area contributed by atoms with E-state index in [2.05, 4.69) is 29.5 Å². The van der Waals surface area contributed by atoms with Crippen molar-refractivity contribution in [2.75, 3.05) is 6.54 Å². The molecular weight excluding hydrogens is 156 g/mol. The zero-order chi connectivity index (χ0) is 8.10. The molecule has 0 aliphatic heterocycles. The van der Waals surface area contributed by atoms with E-state index in [0.29, 0.717) is 6.04 Å². The molecular formula is C8H14N2S. The second-order valence-corrected chi connectivity index (χ2v) is 3.31. The highest BCUT2D eigenvalue weighted by molar-refractivity contribution is 7.07.